The molecule has 0 aliphatic carbocycles. The molecule has 3 rings (SSSR count). The van der Waals surface area contributed by atoms with Crippen LogP contribution < -0.4 is 10.4 Å². The van der Waals surface area contributed by atoms with Gasteiger partial charge in [0.15, 0.2) is 0 Å². The lowest BCUT2D eigenvalue weighted by Gasteiger charge is -2.32. The molecule has 0 aromatic carbocycles. The molecule has 5 heteroatoms. The van der Waals surface area contributed by atoms with E-state index in [-0.39, 0.29) is 18.3 Å². The van der Waals surface area contributed by atoms with Gasteiger partial charge in [0.1, 0.15) is 0 Å². The van der Waals surface area contributed by atoms with Crippen molar-refractivity contribution in [3.05, 3.63) is 18.5 Å². The zero-order chi connectivity index (χ0) is 16.0. The molecular formula is C17H27BN2O2. The second-order valence-electron chi connectivity index (χ2n) is 7.76. The summed E-state index contributed by atoms with van der Waals surface area (Å²) in [5.74, 6) is 0.745. The Morgan fingerprint density at radius 3 is 2.50 bits per heavy atom. The van der Waals surface area contributed by atoms with Gasteiger partial charge in [0.25, 0.3) is 0 Å². The van der Waals surface area contributed by atoms with Crippen molar-refractivity contribution in [1.82, 2.24) is 4.98 Å². The van der Waals surface area contributed by atoms with Crippen LogP contribution in [-0.2, 0) is 9.31 Å². The summed E-state index contributed by atoms with van der Waals surface area (Å²) in [6, 6.07) is 2.17. The fourth-order valence-electron chi connectivity index (χ4n) is 3.15. The van der Waals surface area contributed by atoms with Gasteiger partial charge in [0, 0.05) is 24.7 Å². The molecule has 2 saturated heterocycles. The third-order valence-electron chi connectivity index (χ3n) is 5.29. The molecule has 3 heterocycles. The maximum absolute atomic E-state index is 6.13. The van der Waals surface area contributed by atoms with Gasteiger partial charge in [-0.25, -0.2) is 0 Å². The second kappa shape index (κ2) is 5.53. The average molecular weight is 302 g/mol. The molecule has 1 aromatic rings. The first kappa shape index (κ1) is 15.8. The molecule has 2 aliphatic rings. The van der Waals surface area contributed by atoms with Gasteiger partial charge in [0.05, 0.1) is 23.1 Å². The highest BCUT2D eigenvalue weighted by Crippen LogP contribution is 2.36. The largest absolute Gasteiger partial charge is 0.496 e. The fourth-order valence-corrected chi connectivity index (χ4v) is 3.15. The summed E-state index contributed by atoms with van der Waals surface area (Å²) in [6.07, 6.45) is 6.38. The van der Waals surface area contributed by atoms with Crippen molar-refractivity contribution in [2.75, 3.05) is 18.0 Å². The van der Waals surface area contributed by atoms with Crippen LogP contribution in [-0.4, -0.2) is 36.4 Å². The fraction of sp³-hybridized carbons (Fsp3) is 0.706. The lowest BCUT2D eigenvalue weighted by molar-refractivity contribution is 0.00578. The minimum absolute atomic E-state index is 0.312. The molecule has 0 N–H and O–H groups in total. The summed E-state index contributed by atoms with van der Waals surface area (Å²) < 4.78 is 12.3. The van der Waals surface area contributed by atoms with Crippen LogP contribution in [0, 0.1) is 5.92 Å². The lowest BCUT2D eigenvalue weighted by Crippen LogP contribution is -2.41. The SMILES string of the molecule is CC1CCCN(c2cncc(B3OC(C)(C)C(C)(C)O3)c2)C1. The highest BCUT2D eigenvalue weighted by atomic mass is 16.7. The van der Waals surface area contributed by atoms with E-state index in [1.165, 1.54) is 18.5 Å². The van der Waals surface area contributed by atoms with Gasteiger partial charge in [-0.05, 0) is 52.5 Å². The molecule has 0 spiro atoms. The molecule has 1 unspecified atom stereocenters. The first-order chi connectivity index (χ1) is 10.3. The van der Waals surface area contributed by atoms with Crippen molar-refractivity contribution in [1.29, 1.82) is 0 Å². The zero-order valence-corrected chi connectivity index (χ0v) is 14.4. The topological polar surface area (TPSA) is 34.6 Å². The molecule has 22 heavy (non-hydrogen) atoms. The smallest absolute Gasteiger partial charge is 0.399 e. The van der Waals surface area contributed by atoms with Crippen LogP contribution in [0.2, 0.25) is 0 Å². The number of rotatable bonds is 2. The standard InChI is InChI=1S/C17H27BN2O2/c1-13-7-6-8-20(12-13)15-9-14(10-19-11-15)18-21-16(2,3)17(4,5)22-18/h9-11,13H,6-8,12H2,1-5H3. The summed E-state index contributed by atoms with van der Waals surface area (Å²) in [5.41, 5.74) is 1.56. The van der Waals surface area contributed by atoms with Gasteiger partial charge in [-0.1, -0.05) is 6.92 Å². The van der Waals surface area contributed by atoms with E-state index in [1.54, 1.807) is 0 Å². The van der Waals surface area contributed by atoms with Gasteiger partial charge in [-0.2, -0.15) is 0 Å². The van der Waals surface area contributed by atoms with E-state index in [0.717, 1.165) is 24.5 Å². The highest BCUT2D eigenvalue weighted by Gasteiger charge is 2.51. The van der Waals surface area contributed by atoms with Crippen LogP contribution in [0.25, 0.3) is 0 Å². The summed E-state index contributed by atoms with van der Waals surface area (Å²) in [6.45, 7) is 12.9. The second-order valence-corrected chi connectivity index (χ2v) is 7.76. The maximum Gasteiger partial charge on any atom is 0.496 e. The molecule has 2 fully saturated rings. The number of hydrogen-bond acceptors (Lipinski definition) is 4. The Kier molecular flexibility index (Phi) is 3.98. The molecular weight excluding hydrogens is 275 g/mol. The van der Waals surface area contributed by atoms with Crippen LogP contribution in [0.1, 0.15) is 47.5 Å². The Balaban J connectivity index is 1.80. The first-order valence-electron chi connectivity index (χ1n) is 8.34. The van der Waals surface area contributed by atoms with Crippen LogP contribution in [0.15, 0.2) is 18.5 Å². The van der Waals surface area contributed by atoms with Crippen molar-refractivity contribution in [2.24, 2.45) is 5.92 Å². The van der Waals surface area contributed by atoms with Crippen molar-refractivity contribution < 1.29 is 9.31 Å². The number of nitrogens with zero attached hydrogens (tertiary/aromatic N) is 2. The third kappa shape index (κ3) is 2.89. The van der Waals surface area contributed by atoms with Crippen LogP contribution in [0.3, 0.4) is 0 Å². The zero-order valence-electron chi connectivity index (χ0n) is 14.4. The molecule has 4 nitrogen and oxygen atoms in total. The summed E-state index contributed by atoms with van der Waals surface area (Å²) >= 11 is 0. The Bertz CT molecular complexity index is 531. The van der Waals surface area contributed by atoms with E-state index in [0.29, 0.717) is 0 Å². The molecule has 1 atom stereocenters. The van der Waals surface area contributed by atoms with Crippen LogP contribution >= 0.6 is 0 Å². The minimum Gasteiger partial charge on any atom is -0.399 e. The molecule has 0 radical (unpaired) electrons. The van der Waals surface area contributed by atoms with E-state index in [2.05, 4.69) is 50.6 Å². The first-order valence-corrected chi connectivity index (χ1v) is 8.34. The molecule has 0 bridgehead atoms. The van der Waals surface area contributed by atoms with Crippen LogP contribution in [0.5, 0.6) is 0 Å². The summed E-state index contributed by atoms with van der Waals surface area (Å²) in [4.78, 5) is 6.85. The van der Waals surface area contributed by atoms with E-state index in [9.17, 15) is 0 Å². The van der Waals surface area contributed by atoms with Gasteiger partial charge < -0.3 is 14.2 Å². The van der Waals surface area contributed by atoms with Crippen molar-refractivity contribution in [2.45, 2.75) is 58.7 Å². The van der Waals surface area contributed by atoms with Gasteiger partial charge in [0.2, 0.25) is 0 Å². The summed E-state index contributed by atoms with van der Waals surface area (Å²) in [5, 5.41) is 0. The van der Waals surface area contributed by atoms with E-state index >= 15 is 0 Å². The third-order valence-corrected chi connectivity index (χ3v) is 5.29. The van der Waals surface area contributed by atoms with Gasteiger partial charge in [-0.15, -0.1) is 0 Å². The van der Waals surface area contributed by atoms with E-state index in [4.69, 9.17) is 9.31 Å². The van der Waals surface area contributed by atoms with Gasteiger partial charge >= 0.3 is 7.12 Å². The van der Waals surface area contributed by atoms with E-state index < -0.39 is 0 Å². The number of pyridine rings is 1. The van der Waals surface area contributed by atoms with Gasteiger partial charge in [-0.3, -0.25) is 4.98 Å². The van der Waals surface area contributed by atoms with Crippen molar-refractivity contribution in [3.63, 3.8) is 0 Å². The summed E-state index contributed by atoms with van der Waals surface area (Å²) in [7, 11) is -0.334. The van der Waals surface area contributed by atoms with Crippen molar-refractivity contribution >= 4 is 18.3 Å². The maximum atomic E-state index is 6.13. The van der Waals surface area contributed by atoms with Crippen molar-refractivity contribution in [3.8, 4) is 0 Å². The van der Waals surface area contributed by atoms with E-state index in [1.807, 2.05) is 12.4 Å². The normalized spacial score (nSPS) is 27.2. The number of piperidine rings is 1. The Hall–Kier alpha value is -1.07. The molecule has 2 aliphatic heterocycles. The molecule has 120 valence electrons. The monoisotopic (exact) mass is 302 g/mol. The average Bonchev–Trinajstić information content (AvgIpc) is 2.68. The number of anilines is 1. The van der Waals surface area contributed by atoms with Crippen LogP contribution in [0.4, 0.5) is 5.69 Å². The number of aromatic nitrogens is 1. The Morgan fingerprint density at radius 1 is 1.18 bits per heavy atom. The predicted octanol–water partition coefficient (Wildman–Crippen LogP) is 2.62. The number of hydrogen-bond donors (Lipinski definition) is 0. The lowest BCUT2D eigenvalue weighted by atomic mass is 9.80. The molecule has 0 amide bonds. The molecule has 1 aromatic heterocycles. The predicted molar refractivity (Wildman–Crippen MR) is 90.6 cm³/mol. The highest BCUT2D eigenvalue weighted by molar-refractivity contribution is 6.62. The minimum atomic E-state index is -0.334. The Labute approximate surface area is 134 Å². The quantitative estimate of drug-likeness (QED) is 0.787. The Morgan fingerprint density at radius 2 is 1.86 bits per heavy atom. The molecule has 0 saturated carbocycles.